The standard InChI is InChI=1S/C16H28N6O3S/c1-4-5-17-14(24)18-13(23)11-26-16-20-19-15(22(16)10-12(2)3)21-6-8-25-9-7-21/h12H,4-11H2,1-3H3,(H2,17,18,23,24). The molecule has 26 heavy (non-hydrogen) atoms. The summed E-state index contributed by atoms with van der Waals surface area (Å²) in [5.41, 5.74) is 0. The van der Waals surface area contributed by atoms with Gasteiger partial charge in [-0.1, -0.05) is 32.5 Å². The largest absolute Gasteiger partial charge is 0.378 e. The van der Waals surface area contributed by atoms with Crippen molar-refractivity contribution in [2.75, 3.05) is 43.5 Å². The molecular weight excluding hydrogens is 356 g/mol. The molecule has 2 heterocycles. The van der Waals surface area contributed by atoms with Gasteiger partial charge in [-0.05, 0) is 12.3 Å². The minimum atomic E-state index is -0.463. The van der Waals surface area contributed by atoms with Crippen LogP contribution in [-0.2, 0) is 16.1 Å². The van der Waals surface area contributed by atoms with Crippen LogP contribution in [0.1, 0.15) is 27.2 Å². The number of rotatable bonds is 8. The van der Waals surface area contributed by atoms with E-state index in [2.05, 4.69) is 39.6 Å². The quantitative estimate of drug-likeness (QED) is 0.647. The Morgan fingerprint density at radius 3 is 2.65 bits per heavy atom. The zero-order valence-electron chi connectivity index (χ0n) is 15.7. The highest BCUT2D eigenvalue weighted by Gasteiger charge is 2.21. The fraction of sp³-hybridized carbons (Fsp3) is 0.750. The number of amides is 3. The van der Waals surface area contributed by atoms with Crippen LogP contribution in [0.3, 0.4) is 0 Å². The fourth-order valence-electron chi connectivity index (χ4n) is 2.49. The van der Waals surface area contributed by atoms with Crippen LogP contribution in [0.4, 0.5) is 10.7 Å². The maximum absolute atomic E-state index is 12.0. The number of thioether (sulfide) groups is 1. The number of anilines is 1. The summed E-state index contributed by atoms with van der Waals surface area (Å²) in [7, 11) is 0. The van der Waals surface area contributed by atoms with E-state index in [1.54, 1.807) is 0 Å². The summed E-state index contributed by atoms with van der Waals surface area (Å²) in [4.78, 5) is 25.7. The van der Waals surface area contributed by atoms with Crippen molar-refractivity contribution in [3.63, 3.8) is 0 Å². The number of hydrogen-bond acceptors (Lipinski definition) is 7. The van der Waals surface area contributed by atoms with Gasteiger partial charge in [-0.15, -0.1) is 10.2 Å². The van der Waals surface area contributed by atoms with Gasteiger partial charge in [0.2, 0.25) is 11.9 Å². The zero-order valence-corrected chi connectivity index (χ0v) is 16.5. The lowest BCUT2D eigenvalue weighted by Gasteiger charge is -2.28. The van der Waals surface area contributed by atoms with Crippen molar-refractivity contribution in [1.82, 2.24) is 25.4 Å². The molecule has 0 aromatic carbocycles. The van der Waals surface area contributed by atoms with Crippen molar-refractivity contribution < 1.29 is 14.3 Å². The maximum Gasteiger partial charge on any atom is 0.321 e. The number of ether oxygens (including phenoxy) is 1. The van der Waals surface area contributed by atoms with Gasteiger partial charge in [0.25, 0.3) is 0 Å². The Hall–Kier alpha value is -1.81. The first-order valence-corrected chi connectivity index (χ1v) is 9.96. The van der Waals surface area contributed by atoms with Gasteiger partial charge in [0.15, 0.2) is 5.16 Å². The van der Waals surface area contributed by atoms with Crippen molar-refractivity contribution in [3.05, 3.63) is 0 Å². The highest BCUT2D eigenvalue weighted by molar-refractivity contribution is 7.99. The van der Waals surface area contributed by atoms with Gasteiger partial charge in [0.1, 0.15) is 0 Å². The Bertz CT molecular complexity index is 601. The van der Waals surface area contributed by atoms with Crippen LogP contribution in [0.5, 0.6) is 0 Å². The van der Waals surface area contributed by atoms with E-state index >= 15 is 0 Å². The predicted octanol–water partition coefficient (Wildman–Crippen LogP) is 1.10. The highest BCUT2D eigenvalue weighted by Crippen LogP contribution is 2.24. The number of nitrogens with zero attached hydrogens (tertiary/aromatic N) is 4. The third kappa shape index (κ3) is 6.17. The number of carbonyl (C=O) groups is 2. The van der Waals surface area contributed by atoms with Crippen LogP contribution >= 0.6 is 11.8 Å². The Labute approximate surface area is 158 Å². The molecule has 2 N–H and O–H groups in total. The molecule has 0 radical (unpaired) electrons. The summed E-state index contributed by atoms with van der Waals surface area (Å²) in [6, 6.07) is -0.463. The van der Waals surface area contributed by atoms with Crippen molar-refractivity contribution >= 4 is 29.6 Å². The SMILES string of the molecule is CCCNC(=O)NC(=O)CSc1nnc(N2CCOCC2)n1CC(C)C. The van der Waals surface area contributed by atoms with E-state index in [-0.39, 0.29) is 11.7 Å². The number of hydrogen-bond donors (Lipinski definition) is 2. The van der Waals surface area contributed by atoms with Crippen LogP contribution in [0.15, 0.2) is 5.16 Å². The van der Waals surface area contributed by atoms with Gasteiger partial charge in [0, 0.05) is 26.2 Å². The topological polar surface area (TPSA) is 101 Å². The van der Waals surface area contributed by atoms with Crippen LogP contribution in [0, 0.1) is 5.92 Å². The third-order valence-corrected chi connectivity index (χ3v) is 4.63. The first-order chi connectivity index (χ1) is 12.5. The van der Waals surface area contributed by atoms with Gasteiger partial charge in [-0.2, -0.15) is 0 Å². The third-order valence-electron chi connectivity index (χ3n) is 3.66. The van der Waals surface area contributed by atoms with E-state index in [4.69, 9.17) is 4.74 Å². The second-order valence-electron chi connectivity index (χ2n) is 6.48. The maximum atomic E-state index is 12.0. The van der Waals surface area contributed by atoms with Crippen molar-refractivity contribution in [2.45, 2.75) is 38.9 Å². The second kappa shape index (κ2) is 10.4. The minimum Gasteiger partial charge on any atom is -0.378 e. The highest BCUT2D eigenvalue weighted by atomic mass is 32.2. The predicted molar refractivity (Wildman–Crippen MR) is 100 cm³/mol. The van der Waals surface area contributed by atoms with Crippen LogP contribution in [0.2, 0.25) is 0 Å². The summed E-state index contributed by atoms with van der Waals surface area (Å²) in [6.07, 6.45) is 0.818. The van der Waals surface area contributed by atoms with Crippen LogP contribution in [-0.4, -0.2) is 65.3 Å². The average molecular weight is 385 g/mol. The van der Waals surface area contributed by atoms with Gasteiger partial charge < -0.3 is 15.0 Å². The Kier molecular flexibility index (Phi) is 8.17. The first kappa shape index (κ1) is 20.5. The summed E-state index contributed by atoms with van der Waals surface area (Å²) >= 11 is 1.29. The Morgan fingerprint density at radius 2 is 2.00 bits per heavy atom. The molecule has 146 valence electrons. The lowest BCUT2D eigenvalue weighted by atomic mass is 10.2. The van der Waals surface area contributed by atoms with Gasteiger partial charge in [-0.3, -0.25) is 14.7 Å². The molecule has 2 rings (SSSR count). The van der Waals surface area contributed by atoms with E-state index < -0.39 is 6.03 Å². The molecule has 0 unspecified atom stereocenters. The summed E-state index contributed by atoms with van der Waals surface area (Å²) < 4.78 is 7.44. The molecule has 1 aromatic rings. The van der Waals surface area contributed by atoms with Gasteiger partial charge in [0.05, 0.1) is 19.0 Å². The van der Waals surface area contributed by atoms with Gasteiger partial charge in [-0.25, -0.2) is 4.79 Å². The lowest BCUT2D eigenvalue weighted by Crippen LogP contribution is -2.40. The molecular formula is C16H28N6O3S. The summed E-state index contributed by atoms with van der Waals surface area (Å²) in [5, 5.41) is 14.2. The smallest absolute Gasteiger partial charge is 0.321 e. The first-order valence-electron chi connectivity index (χ1n) is 8.97. The Balaban J connectivity index is 1.98. The number of carbonyl (C=O) groups excluding carboxylic acids is 2. The molecule has 0 bridgehead atoms. The van der Waals surface area contributed by atoms with E-state index in [9.17, 15) is 9.59 Å². The number of nitrogens with one attached hydrogen (secondary N) is 2. The monoisotopic (exact) mass is 384 g/mol. The number of aromatic nitrogens is 3. The molecule has 10 heteroatoms. The van der Waals surface area contributed by atoms with Crippen molar-refractivity contribution in [3.8, 4) is 0 Å². The molecule has 0 saturated carbocycles. The van der Waals surface area contributed by atoms with Crippen LogP contribution < -0.4 is 15.5 Å². The molecule has 0 spiro atoms. The molecule has 1 fully saturated rings. The number of morpholine rings is 1. The molecule has 0 aliphatic carbocycles. The number of imide groups is 1. The normalized spacial score (nSPS) is 14.5. The van der Waals surface area contributed by atoms with E-state index in [1.807, 2.05) is 11.5 Å². The van der Waals surface area contributed by atoms with Gasteiger partial charge >= 0.3 is 6.03 Å². The molecule has 9 nitrogen and oxygen atoms in total. The average Bonchev–Trinajstić information content (AvgIpc) is 3.01. The molecule has 1 aliphatic heterocycles. The molecule has 1 saturated heterocycles. The number of urea groups is 1. The van der Waals surface area contributed by atoms with Crippen molar-refractivity contribution in [2.24, 2.45) is 5.92 Å². The van der Waals surface area contributed by atoms with E-state index in [1.165, 1.54) is 11.8 Å². The van der Waals surface area contributed by atoms with E-state index in [0.29, 0.717) is 30.8 Å². The molecule has 1 aliphatic rings. The van der Waals surface area contributed by atoms with Crippen molar-refractivity contribution in [1.29, 1.82) is 0 Å². The summed E-state index contributed by atoms with van der Waals surface area (Å²) in [5.74, 6) is 0.985. The molecule has 3 amide bonds. The minimum absolute atomic E-state index is 0.110. The fourth-order valence-corrected chi connectivity index (χ4v) is 3.23. The molecule has 0 atom stereocenters. The van der Waals surface area contributed by atoms with E-state index in [0.717, 1.165) is 32.0 Å². The second-order valence-corrected chi connectivity index (χ2v) is 7.42. The summed E-state index contributed by atoms with van der Waals surface area (Å²) in [6.45, 7) is 10.4. The Morgan fingerprint density at radius 1 is 1.27 bits per heavy atom. The lowest BCUT2D eigenvalue weighted by molar-refractivity contribution is -0.117. The molecule has 1 aromatic heterocycles. The van der Waals surface area contributed by atoms with Crippen LogP contribution in [0.25, 0.3) is 0 Å². The zero-order chi connectivity index (χ0) is 18.9.